The third-order valence-corrected chi connectivity index (χ3v) is 4.71. The summed E-state index contributed by atoms with van der Waals surface area (Å²) in [6, 6.07) is 5.35. The molecule has 1 aliphatic heterocycles. The van der Waals surface area contributed by atoms with E-state index in [9.17, 15) is 10.1 Å². The lowest BCUT2D eigenvalue weighted by Crippen LogP contribution is -2.25. The van der Waals surface area contributed by atoms with Crippen molar-refractivity contribution < 1.29 is 23.7 Å². The van der Waals surface area contributed by atoms with Gasteiger partial charge in [-0.15, -0.1) is 0 Å². The summed E-state index contributed by atoms with van der Waals surface area (Å²) in [5.74, 6) is -0.388. The number of hydrogen-bond acceptors (Lipinski definition) is 7. The van der Waals surface area contributed by atoms with Crippen LogP contribution < -0.4 is 15.2 Å². The molecule has 2 N–H and O–H groups in total. The molecule has 0 aliphatic carbocycles. The van der Waals surface area contributed by atoms with E-state index in [0.29, 0.717) is 28.7 Å². The third kappa shape index (κ3) is 4.77. The lowest BCUT2D eigenvalue weighted by atomic mass is 9.83. The first-order valence-corrected chi connectivity index (χ1v) is 9.72. The molecule has 0 aromatic heterocycles. The van der Waals surface area contributed by atoms with Crippen molar-refractivity contribution in [3.63, 3.8) is 0 Å². The molecular weight excluding hydrogens is 396 g/mol. The second-order valence-corrected chi connectivity index (χ2v) is 6.76. The van der Waals surface area contributed by atoms with Crippen LogP contribution in [0.1, 0.15) is 45.1 Å². The van der Waals surface area contributed by atoms with Crippen molar-refractivity contribution in [1.82, 2.24) is 0 Å². The van der Waals surface area contributed by atoms with Crippen LogP contribution in [-0.4, -0.2) is 26.3 Å². The van der Waals surface area contributed by atoms with Gasteiger partial charge in [0, 0.05) is 0 Å². The van der Waals surface area contributed by atoms with Crippen LogP contribution in [0.4, 0.5) is 0 Å². The average Bonchev–Trinajstić information content (AvgIpc) is 2.68. The molecule has 0 fully saturated rings. The van der Waals surface area contributed by atoms with Crippen LogP contribution >= 0.6 is 11.6 Å². The maximum atomic E-state index is 12.6. The number of unbranched alkanes of at least 4 members (excludes halogenated alkanes) is 1. The van der Waals surface area contributed by atoms with Crippen molar-refractivity contribution in [2.75, 3.05) is 20.3 Å². The van der Waals surface area contributed by atoms with Gasteiger partial charge < -0.3 is 24.7 Å². The molecule has 29 heavy (non-hydrogen) atoms. The molecule has 0 bridgehead atoms. The highest BCUT2D eigenvalue weighted by atomic mass is 35.5. The Morgan fingerprint density at radius 2 is 2.10 bits per heavy atom. The summed E-state index contributed by atoms with van der Waals surface area (Å²) < 4.78 is 21.8. The second-order valence-electron chi connectivity index (χ2n) is 6.35. The van der Waals surface area contributed by atoms with Crippen molar-refractivity contribution in [1.29, 1.82) is 5.26 Å². The van der Waals surface area contributed by atoms with E-state index in [1.807, 2.05) is 6.07 Å². The van der Waals surface area contributed by atoms with E-state index < -0.39 is 11.9 Å². The zero-order valence-electron chi connectivity index (χ0n) is 17.0. The van der Waals surface area contributed by atoms with E-state index in [2.05, 4.69) is 6.92 Å². The summed E-state index contributed by atoms with van der Waals surface area (Å²) in [5.41, 5.74) is 6.75. The van der Waals surface area contributed by atoms with E-state index >= 15 is 0 Å². The van der Waals surface area contributed by atoms with E-state index in [1.165, 1.54) is 7.11 Å². The van der Waals surface area contributed by atoms with Crippen molar-refractivity contribution in [3.05, 3.63) is 45.5 Å². The van der Waals surface area contributed by atoms with Crippen LogP contribution in [0, 0.1) is 11.3 Å². The Labute approximate surface area is 175 Å². The molecule has 2 rings (SSSR count). The number of methoxy groups -OCH3 is 1. The molecule has 1 aromatic rings. The fourth-order valence-corrected chi connectivity index (χ4v) is 3.33. The van der Waals surface area contributed by atoms with Gasteiger partial charge in [-0.1, -0.05) is 24.9 Å². The van der Waals surface area contributed by atoms with E-state index in [4.69, 9.17) is 36.3 Å². The van der Waals surface area contributed by atoms with Crippen molar-refractivity contribution in [2.45, 2.75) is 39.5 Å². The fourth-order valence-electron chi connectivity index (χ4n) is 3.05. The predicted molar refractivity (Wildman–Crippen MR) is 108 cm³/mol. The number of hydrogen-bond donors (Lipinski definition) is 1. The summed E-state index contributed by atoms with van der Waals surface area (Å²) in [6.45, 7) is 6.03. The van der Waals surface area contributed by atoms with Crippen LogP contribution in [0.5, 0.6) is 11.5 Å². The first-order chi connectivity index (χ1) is 13.9. The third-order valence-electron chi connectivity index (χ3n) is 4.43. The number of esters is 1. The zero-order chi connectivity index (χ0) is 21.6. The van der Waals surface area contributed by atoms with Gasteiger partial charge in [0.15, 0.2) is 11.5 Å². The minimum atomic E-state index is -0.802. The molecule has 1 atom stereocenters. The number of halogens is 1. The topological polar surface area (TPSA) is 104 Å². The molecule has 7 nitrogen and oxygen atoms in total. The van der Waals surface area contributed by atoms with Crippen LogP contribution in [-0.2, 0) is 14.3 Å². The van der Waals surface area contributed by atoms with Gasteiger partial charge in [-0.05, 0) is 38.0 Å². The molecule has 0 amide bonds. The Morgan fingerprint density at radius 3 is 2.69 bits per heavy atom. The fraction of sp³-hybridized carbons (Fsp3) is 0.429. The Morgan fingerprint density at radius 1 is 1.38 bits per heavy atom. The van der Waals surface area contributed by atoms with E-state index in [1.54, 1.807) is 26.0 Å². The average molecular weight is 421 g/mol. The van der Waals surface area contributed by atoms with Crippen molar-refractivity contribution in [3.8, 4) is 17.6 Å². The highest BCUT2D eigenvalue weighted by Gasteiger charge is 2.37. The minimum Gasteiger partial charge on any atom is -0.493 e. The van der Waals surface area contributed by atoms with Gasteiger partial charge in [0.2, 0.25) is 5.88 Å². The number of benzene rings is 1. The molecule has 0 radical (unpaired) electrons. The van der Waals surface area contributed by atoms with E-state index in [0.717, 1.165) is 12.8 Å². The minimum absolute atomic E-state index is 0.0681. The van der Waals surface area contributed by atoms with E-state index in [-0.39, 0.29) is 29.4 Å². The lowest BCUT2D eigenvalue weighted by molar-refractivity contribution is -0.139. The van der Waals surface area contributed by atoms with Crippen molar-refractivity contribution in [2.24, 2.45) is 5.73 Å². The monoisotopic (exact) mass is 420 g/mol. The molecule has 1 heterocycles. The maximum absolute atomic E-state index is 12.6. The summed E-state index contributed by atoms with van der Waals surface area (Å²) in [4.78, 5) is 12.6. The van der Waals surface area contributed by atoms with Gasteiger partial charge >= 0.3 is 5.97 Å². The largest absolute Gasteiger partial charge is 0.493 e. The number of nitrogens with two attached hydrogens (primary N) is 1. The molecule has 156 valence electrons. The highest BCUT2D eigenvalue weighted by molar-refractivity contribution is 6.32. The number of carbonyl (C=O) groups is 1. The van der Waals surface area contributed by atoms with Gasteiger partial charge in [0.25, 0.3) is 0 Å². The Balaban J connectivity index is 2.60. The highest BCUT2D eigenvalue weighted by Crippen LogP contribution is 2.45. The number of nitriles is 1. The maximum Gasteiger partial charge on any atom is 0.338 e. The molecule has 0 spiro atoms. The number of ether oxygens (including phenoxy) is 4. The number of carbonyl (C=O) groups excluding carboxylic acids is 1. The summed E-state index contributed by atoms with van der Waals surface area (Å²) in [5, 5.41) is 9.98. The molecule has 1 aliphatic rings. The molecule has 8 heteroatoms. The van der Waals surface area contributed by atoms with Crippen LogP contribution in [0.2, 0.25) is 5.02 Å². The van der Waals surface area contributed by atoms with Crippen molar-refractivity contribution >= 4 is 17.6 Å². The lowest BCUT2D eigenvalue weighted by Gasteiger charge is -2.27. The summed E-state index contributed by atoms with van der Waals surface area (Å²) in [7, 11) is 1.49. The first-order valence-electron chi connectivity index (χ1n) is 9.35. The zero-order valence-corrected chi connectivity index (χ0v) is 17.8. The Bertz CT molecular complexity index is 886. The number of nitrogens with zero attached hydrogens (tertiary/aromatic N) is 1. The van der Waals surface area contributed by atoms with Gasteiger partial charge in [0.05, 0.1) is 36.8 Å². The van der Waals surface area contributed by atoms with Gasteiger partial charge in [-0.25, -0.2) is 4.79 Å². The summed E-state index contributed by atoms with van der Waals surface area (Å²) in [6.07, 6.45) is 1.84. The van der Waals surface area contributed by atoms with Gasteiger partial charge in [0.1, 0.15) is 17.4 Å². The second kappa shape index (κ2) is 10.1. The standard InChI is InChI=1S/C21H25ClN2O5/c1-5-7-8-28-19-15(22)9-13(10-16(19)26-4)18-14(11-23)20(24)29-12(3)17(18)21(25)27-6-2/h9-10,18H,5-8,24H2,1-4H3. The van der Waals surface area contributed by atoms with Gasteiger partial charge in [-0.2, -0.15) is 5.26 Å². The summed E-state index contributed by atoms with van der Waals surface area (Å²) >= 11 is 6.46. The molecular formula is C21H25ClN2O5. The molecule has 1 unspecified atom stereocenters. The smallest absolute Gasteiger partial charge is 0.338 e. The Kier molecular flexibility index (Phi) is 7.80. The van der Waals surface area contributed by atoms with Crippen LogP contribution in [0.25, 0.3) is 0 Å². The number of rotatable bonds is 8. The number of allylic oxidation sites excluding steroid dienone is 2. The predicted octanol–water partition coefficient (Wildman–Crippen LogP) is 4.17. The van der Waals surface area contributed by atoms with Gasteiger partial charge in [-0.3, -0.25) is 0 Å². The van der Waals surface area contributed by atoms with Crippen LogP contribution in [0.15, 0.2) is 34.9 Å². The molecule has 1 aromatic carbocycles. The Hall–Kier alpha value is -2.85. The normalized spacial score (nSPS) is 16.2. The quantitative estimate of drug-likeness (QED) is 0.497. The SMILES string of the molecule is CCCCOc1c(Cl)cc(C2C(C#N)=C(N)OC(C)=C2C(=O)OCC)cc1OC. The molecule has 0 saturated heterocycles. The first kappa shape index (κ1) is 22.4. The molecule has 0 saturated carbocycles. The van der Waals surface area contributed by atoms with Crippen LogP contribution in [0.3, 0.4) is 0 Å².